The monoisotopic (exact) mass is 280 g/mol. The zero-order valence-corrected chi connectivity index (χ0v) is 11.1. The fraction of sp³-hybridized carbons (Fsp3) is 0.308. The Morgan fingerprint density at radius 1 is 1.47 bits per heavy atom. The van der Waals surface area contributed by atoms with Gasteiger partial charge in [-0.3, -0.25) is 15.1 Å². The van der Waals surface area contributed by atoms with E-state index >= 15 is 0 Å². The zero-order valence-electron chi connectivity index (χ0n) is 10.4. The third-order valence-corrected chi connectivity index (χ3v) is 3.09. The molecule has 2 aromatic rings. The molecule has 1 unspecified atom stereocenters. The van der Waals surface area contributed by atoms with Gasteiger partial charge in [0.25, 0.3) is 5.69 Å². The highest BCUT2D eigenvalue weighted by Crippen LogP contribution is 2.29. The van der Waals surface area contributed by atoms with Crippen LogP contribution in [-0.4, -0.2) is 29.0 Å². The Morgan fingerprint density at radius 2 is 2.26 bits per heavy atom. The Hall–Kier alpha value is -1.72. The van der Waals surface area contributed by atoms with E-state index in [0.29, 0.717) is 29.5 Å². The summed E-state index contributed by atoms with van der Waals surface area (Å²) in [5.41, 5.74) is 1.28. The summed E-state index contributed by atoms with van der Waals surface area (Å²) in [5, 5.41) is 11.5. The maximum atomic E-state index is 11.3. The first-order valence-corrected chi connectivity index (χ1v) is 6.21. The number of aromatic nitrogens is 1. The molecule has 1 aromatic carbocycles. The van der Waals surface area contributed by atoms with Crippen LogP contribution in [0.5, 0.6) is 0 Å². The van der Waals surface area contributed by atoms with Crippen molar-refractivity contribution >= 4 is 28.2 Å². The molecule has 1 atom stereocenters. The van der Waals surface area contributed by atoms with Gasteiger partial charge in [0.15, 0.2) is 0 Å². The van der Waals surface area contributed by atoms with E-state index in [2.05, 4.69) is 4.98 Å². The molecule has 1 aromatic heterocycles. The topological polar surface area (TPSA) is 65.3 Å². The minimum absolute atomic E-state index is 0.0763. The highest BCUT2D eigenvalue weighted by Gasteiger charge is 2.20. The molecule has 0 saturated heterocycles. The Kier molecular flexibility index (Phi) is 4.29. The summed E-state index contributed by atoms with van der Waals surface area (Å²) < 4.78 is 4.95. The lowest BCUT2D eigenvalue weighted by Crippen LogP contribution is -2.12. The number of alkyl halides is 1. The first-order valence-electron chi connectivity index (χ1n) is 5.77. The Morgan fingerprint density at radius 3 is 2.95 bits per heavy atom. The van der Waals surface area contributed by atoms with Crippen molar-refractivity contribution in [1.82, 2.24) is 4.98 Å². The summed E-state index contributed by atoms with van der Waals surface area (Å²) >= 11 is 6.08. The van der Waals surface area contributed by atoms with Gasteiger partial charge in [0.05, 0.1) is 27.8 Å². The minimum atomic E-state index is -0.379. The van der Waals surface area contributed by atoms with Gasteiger partial charge in [-0.1, -0.05) is 0 Å². The molecule has 0 fully saturated rings. The maximum Gasteiger partial charge on any atom is 0.281 e. The van der Waals surface area contributed by atoms with E-state index in [-0.39, 0.29) is 16.0 Å². The Balaban J connectivity index is 2.49. The molecule has 0 N–H and O–H groups in total. The summed E-state index contributed by atoms with van der Waals surface area (Å²) in [6.07, 6.45) is 2.00. The lowest BCUT2D eigenvalue weighted by Gasteiger charge is -2.10. The molecule has 1 heterocycles. The van der Waals surface area contributed by atoms with Gasteiger partial charge in [-0.25, -0.2) is 0 Å². The van der Waals surface area contributed by atoms with Crippen LogP contribution in [0.15, 0.2) is 30.5 Å². The average molecular weight is 281 g/mol. The molecule has 0 radical (unpaired) electrons. The number of hydrogen-bond acceptors (Lipinski definition) is 4. The molecule has 0 aliphatic heterocycles. The Bertz CT molecular complexity index is 603. The number of nitro benzene ring substituents is 1. The van der Waals surface area contributed by atoms with E-state index in [4.69, 9.17) is 16.3 Å². The van der Waals surface area contributed by atoms with Gasteiger partial charge < -0.3 is 4.74 Å². The third-order valence-electron chi connectivity index (χ3n) is 2.81. The fourth-order valence-corrected chi connectivity index (χ4v) is 2.33. The Labute approximate surface area is 115 Å². The second-order valence-electron chi connectivity index (χ2n) is 4.16. The quantitative estimate of drug-likeness (QED) is 0.480. The molecular weight excluding hydrogens is 268 g/mol. The van der Waals surface area contributed by atoms with Crippen LogP contribution < -0.4 is 0 Å². The number of fused-ring (bicyclic) bond motifs is 1. The molecule has 2 rings (SSSR count). The van der Waals surface area contributed by atoms with Crippen molar-refractivity contribution < 1.29 is 9.66 Å². The molecule has 0 aliphatic rings. The van der Waals surface area contributed by atoms with Gasteiger partial charge in [-0.15, -0.1) is 11.6 Å². The van der Waals surface area contributed by atoms with E-state index in [1.54, 1.807) is 37.6 Å². The van der Waals surface area contributed by atoms with Crippen LogP contribution in [0.3, 0.4) is 0 Å². The van der Waals surface area contributed by atoms with Gasteiger partial charge in [-0.05, 0) is 30.7 Å². The largest absolute Gasteiger partial charge is 0.383 e. The van der Waals surface area contributed by atoms with E-state index < -0.39 is 0 Å². The van der Waals surface area contributed by atoms with Crippen molar-refractivity contribution in [3.63, 3.8) is 0 Å². The fourth-order valence-electron chi connectivity index (χ4n) is 2.04. The normalized spacial score (nSPS) is 12.5. The minimum Gasteiger partial charge on any atom is -0.383 e. The first kappa shape index (κ1) is 13.7. The van der Waals surface area contributed by atoms with Crippen molar-refractivity contribution in [3.8, 4) is 0 Å². The molecule has 0 spiro atoms. The van der Waals surface area contributed by atoms with Crippen LogP contribution in [0, 0.1) is 10.1 Å². The average Bonchev–Trinajstić information content (AvgIpc) is 2.38. The molecule has 6 heteroatoms. The van der Waals surface area contributed by atoms with E-state index in [0.717, 1.165) is 0 Å². The predicted molar refractivity (Wildman–Crippen MR) is 73.6 cm³/mol. The van der Waals surface area contributed by atoms with Gasteiger partial charge in [0, 0.05) is 18.9 Å². The van der Waals surface area contributed by atoms with Gasteiger partial charge >= 0.3 is 0 Å². The maximum absolute atomic E-state index is 11.3. The number of pyridine rings is 1. The molecule has 0 bridgehead atoms. The molecule has 100 valence electrons. The molecule has 5 nitrogen and oxygen atoms in total. The van der Waals surface area contributed by atoms with E-state index in [9.17, 15) is 10.1 Å². The zero-order chi connectivity index (χ0) is 13.8. The first-order chi connectivity index (χ1) is 9.13. The van der Waals surface area contributed by atoms with Gasteiger partial charge in [0.2, 0.25) is 0 Å². The summed E-state index contributed by atoms with van der Waals surface area (Å²) in [6, 6.07) is 6.86. The summed E-state index contributed by atoms with van der Waals surface area (Å²) in [6.45, 7) is 0.351. The lowest BCUT2D eigenvalue weighted by atomic mass is 10.0. The molecular formula is C13H13ClN2O3. The third kappa shape index (κ3) is 3.00. The van der Waals surface area contributed by atoms with E-state index in [1.807, 2.05) is 0 Å². The molecule has 0 saturated carbocycles. The van der Waals surface area contributed by atoms with Crippen molar-refractivity contribution in [1.29, 1.82) is 0 Å². The summed E-state index contributed by atoms with van der Waals surface area (Å²) in [5.74, 6) is 0. The molecule has 19 heavy (non-hydrogen) atoms. The second kappa shape index (κ2) is 5.95. The van der Waals surface area contributed by atoms with Crippen molar-refractivity contribution in [2.45, 2.75) is 11.8 Å². The van der Waals surface area contributed by atoms with Gasteiger partial charge in [-0.2, -0.15) is 0 Å². The number of benzene rings is 1. The highest BCUT2D eigenvalue weighted by molar-refractivity contribution is 6.20. The SMILES string of the molecule is COCC(Cl)Cc1ccc2ncccc2c1[N+](=O)[O-]. The molecule has 0 amide bonds. The van der Waals surface area contributed by atoms with Crippen molar-refractivity contribution in [2.24, 2.45) is 0 Å². The second-order valence-corrected chi connectivity index (χ2v) is 4.77. The number of ether oxygens (including phenoxy) is 1. The smallest absolute Gasteiger partial charge is 0.281 e. The summed E-state index contributed by atoms with van der Waals surface area (Å²) in [7, 11) is 1.55. The van der Waals surface area contributed by atoms with Crippen molar-refractivity contribution in [3.05, 3.63) is 46.1 Å². The highest BCUT2D eigenvalue weighted by atomic mass is 35.5. The van der Waals surface area contributed by atoms with Crippen LogP contribution in [0.25, 0.3) is 10.9 Å². The lowest BCUT2D eigenvalue weighted by molar-refractivity contribution is -0.383. The van der Waals surface area contributed by atoms with Crippen LogP contribution in [0.2, 0.25) is 0 Å². The number of nitro groups is 1. The van der Waals surface area contributed by atoms with Gasteiger partial charge in [0.1, 0.15) is 0 Å². The standard InChI is InChI=1S/C13H13ClN2O3/c1-19-8-10(14)7-9-4-5-12-11(3-2-6-15-12)13(9)16(17)18/h2-6,10H,7-8H2,1H3. The van der Waals surface area contributed by atoms with Crippen LogP contribution >= 0.6 is 11.6 Å². The molecule has 0 aliphatic carbocycles. The number of halogens is 1. The van der Waals surface area contributed by atoms with Crippen LogP contribution in [0.1, 0.15) is 5.56 Å². The number of hydrogen-bond donors (Lipinski definition) is 0. The van der Waals surface area contributed by atoms with Crippen molar-refractivity contribution in [2.75, 3.05) is 13.7 Å². The van der Waals surface area contributed by atoms with Crippen LogP contribution in [-0.2, 0) is 11.2 Å². The number of rotatable bonds is 5. The van der Waals surface area contributed by atoms with Crippen LogP contribution in [0.4, 0.5) is 5.69 Å². The van der Waals surface area contributed by atoms with E-state index in [1.165, 1.54) is 0 Å². The summed E-state index contributed by atoms with van der Waals surface area (Å²) in [4.78, 5) is 15.0. The number of methoxy groups -OCH3 is 1. The number of nitrogens with zero attached hydrogens (tertiary/aromatic N) is 2. The predicted octanol–water partition coefficient (Wildman–Crippen LogP) is 2.94.